The van der Waals surface area contributed by atoms with E-state index in [1.807, 2.05) is 6.07 Å². The molecule has 2 aromatic rings. The summed E-state index contributed by atoms with van der Waals surface area (Å²) in [6, 6.07) is 13.0. The average molecular weight is 387 g/mol. The van der Waals surface area contributed by atoms with E-state index in [1.54, 1.807) is 47.0 Å². The molecule has 2 aromatic carbocycles. The van der Waals surface area contributed by atoms with Crippen molar-refractivity contribution in [2.45, 2.75) is 23.1 Å². The zero-order valence-corrected chi connectivity index (χ0v) is 15.7. The molecule has 8 heteroatoms. The second-order valence-corrected chi connectivity index (χ2v) is 8.62. The molecule has 3 rings (SSSR count). The molecule has 1 heterocycles. The second kappa shape index (κ2) is 7.40. The molecule has 0 aliphatic carbocycles. The zero-order chi connectivity index (χ0) is 18.7. The van der Waals surface area contributed by atoms with E-state index in [9.17, 15) is 13.2 Å². The minimum absolute atomic E-state index is 0.0920. The molecular weight excluding hydrogens is 370 g/mol. The van der Waals surface area contributed by atoms with E-state index in [0.717, 1.165) is 17.1 Å². The Morgan fingerprint density at radius 3 is 2.62 bits per heavy atom. The number of rotatable bonds is 3. The van der Waals surface area contributed by atoms with Crippen LogP contribution in [0.2, 0.25) is 0 Å². The summed E-state index contributed by atoms with van der Waals surface area (Å²) in [5.41, 5.74) is 1.45. The van der Waals surface area contributed by atoms with Gasteiger partial charge in [-0.3, -0.25) is 9.52 Å². The molecule has 0 radical (unpaired) electrons. The molecule has 0 aromatic heterocycles. The Morgan fingerprint density at radius 2 is 1.96 bits per heavy atom. The molecule has 0 bridgehead atoms. The number of nitriles is 1. The van der Waals surface area contributed by atoms with Crippen molar-refractivity contribution >= 4 is 39.1 Å². The monoisotopic (exact) mass is 387 g/mol. The van der Waals surface area contributed by atoms with E-state index in [4.69, 9.17) is 5.26 Å². The summed E-state index contributed by atoms with van der Waals surface area (Å²) in [5, 5.41) is 8.82. The smallest absolute Gasteiger partial charge is 0.261 e. The number of hydrogen-bond donors (Lipinski definition) is 1. The Labute approximate surface area is 156 Å². The normalized spacial score (nSPS) is 14.1. The lowest BCUT2D eigenvalue weighted by atomic mass is 10.2. The quantitative estimate of drug-likeness (QED) is 0.873. The number of anilines is 2. The number of amides is 1. The Balaban J connectivity index is 1.95. The standard InChI is InChI=1S/C18H17N3O3S2/c1-13(22)21-9-2-10-25-18-8-7-16(11-17(18)21)26(23,24)20-15-5-3-14(12-19)4-6-15/h3-8,11,20H,2,9-10H2,1H3. The highest BCUT2D eigenvalue weighted by Gasteiger charge is 2.23. The van der Waals surface area contributed by atoms with Crippen LogP contribution in [0.5, 0.6) is 0 Å². The number of thioether (sulfide) groups is 1. The maximum absolute atomic E-state index is 12.7. The minimum atomic E-state index is -3.81. The number of hydrogen-bond acceptors (Lipinski definition) is 5. The molecule has 0 fully saturated rings. The topological polar surface area (TPSA) is 90.3 Å². The first-order valence-electron chi connectivity index (χ1n) is 7.98. The Kier molecular flexibility index (Phi) is 5.20. The lowest BCUT2D eigenvalue weighted by molar-refractivity contribution is -0.116. The van der Waals surface area contributed by atoms with E-state index in [-0.39, 0.29) is 10.8 Å². The van der Waals surface area contributed by atoms with Crippen molar-refractivity contribution in [2.75, 3.05) is 21.9 Å². The Hall–Kier alpha value is -2.50. The van der Waals surface area contributed by atoms with E-state index in [1.165, 1.54) is 19.1 Å². The maximum atomic E-state index is 12.7. The van der Waals surface area contributed by atoms with E-state index in [2.05, 4.69) is 4.72 Å². The van der Waals surface area contributed by atoms with Crippen molar-refractivity contribution in [3.8, 4) is 6.07 Å². The van der Waals surface area contributed by atoms with Crippen LogP contribution in [0.4, 0.5) is 11.4 Å². The predicted molar refractivity (Wildman–Crippen MR) is 102 cm³/mol. The fourth-order valence-corrected chi connectivity index (χ4v) is 4.73. The van der Waals surface area contributed by atoms with Gasteiger partial charge < -0.3 is 4.90 Å². The van der Waals surface area contributed by atoms with Crippen LogP contribution in [0.15, 0.2) is 52.3 Å². The van der Waals surface area contributed by atoms with Gasteiger partial charge in [0.25, 0.3) is 10.0 Å². The molecule has 26 heavy (non-hydrogen) atoms. The lowest BCUT2D eigenvalue weighted by Gasteiger charge is -2.21. The fourth-order valence-electron chi connectivity index (χ4n) is 2.68. The highest BCUT2D eigenvalue weighted by Crippen LogP contribution is 2.36. The fraction of sp³-hybridized carbons (Fsp3) is 0.222. The summed E-state index contributed by atoms with van der Waals surface area (Å²) in [4.78, 5) is 14.6. The SMILES string of the molecule is CC(=O)N1CCCSc2ccc(S(=O)(=O)Nc3ccc(C#N)cc3)cc21. The summed E-state index contributed by atoms with van der Waals surface area (Å²) >= 11 is 1.62. The highest BCUT2D eigenvalue weighted by molar-refractivity contribution is 7.99. The van der Waals surface area contributed by atoms with E-state index < -0.39 is 10.0 Å². The number of nitrogens with one attached hydrogen (secondary N) is 1. The minimum Gasteiger partial charge on any atom is -0.311 e. The molecule has 0 spiro atoms. The van der Waals surface area contributed by atoms with Crippen LogP contribution in [-0.2, 0) is 14.8 Å². The summed E-state index contributed by atoms with van der Waals surface area (Å²) in [7, 11) is -3.81. The van der Waals surface area contributed by atoms with Gasteiger partial charge in [0.2, 0.25) is 5.91 Å². The molecule has 1 aliphatic heterocycles. The van der Waals surface area contributed by atoms with Crippen LogP contribution in [0, 0.1) is 11.3 Å². The summed E-state index contributed by atoms with van der Waals surface area (Å²) in [6.07, 6.45) is 0.852. The van der Waals surface area contributed by atoms with Crippen LogP contribution in [-0.4, -0.2) is 26.6 Å². The van der Waals surface area contributed by atoms with Crippen LogP contribution in [0.3, 0.4) is 0 Å². The van der Waals surface area contributed by atoms with Gasteiger partial charge in [-0.15, -0.1) is 11.8 Å². The Bertz CT molecular complexity index is 980. The van der Waals surface area contributed by atoms with Gasteiger partial charge in [-0.05, 0) is 54.6 Å². The summed E-state index contributed by atoms with van der Waals surface area (Å²) < 4.78 is 27.9. The zero-order valence-electron chi connectivity index (χ0n) is 14.1. The molecular formula is C18H17N3O3S2. The Morgan fingerprint density at radius 1 is 1.23 bits per heavy atom. The van der Waals surface area contributed by atoms with Crippen LogP contribution >= 0.6 is 11.8 Å². The first-order chi connectivity index (χ1) is 12.4. The number of sulfonamides is 1. The summed E-state index contributed by atoms with van der Waals surface area (Å²) in [6.45, 7) is 2.05. The van der Waals surface area contributed by atoms with Crippen molar-refractivity contribution in [2.24, 2.45) is 0 Å². The third kappa shape index (κ3) is 3.84. The molecule has 0 saturated heterocycles. The van der Waals surface area contributed by atoms with Gasteiger partial charge in [-0.1, -0.05) is 0 Å². The highest BCUT2D eigenvalue weighted by atomic mass is 32.2. The molecule has 0 unspecified atom stereocenters. The number of carbonyl (C=O) groups is 1. The van der Waals surface area contributed by atoms with Gasteiger partial charge >= 0.3 is 0 Å². The third-order valence-corrected chi connectivity index (χ3v) is 6.49. The molecule has 134 valence electrons. The van der Waals surface area contributed by atoms with Crippen LogP contribution < -0.4 is 9.62 Å². The van der Waals surface area contributed by atoms with Gasteiger partial charge in [0.1, 0.15) is 0 Å². The molecule has 0 saturated carbocycles. The lowest BCUT2D eigenvalue weighted by Crippen LogP contribution is -2.29. The number of carbonyl (C=O) groups excluding carboxylic acids is 1. The third-order valence-electron chi connectivity index (χ3n) is 3.96. The van der Waals surface area contributed by atoms with Crippen LogP contribution in [0.25, 0.3) is 0 Å². The van der Waals surface area contributed by atoms with Gasteiger partial charge in [0, 0.05) is 24.1 Å². The van der Waals surface area contributed by atoms with Crippen molar-refractivity contribution in [3.63, 3.8) is 0 Å². The van der Waals surface area contributed by atoms with Gasteiger partial charge in [0.05, 0.1) is 22.2 Å². The first-order valence-corrected chi connectivity index (χ1v) is 10.5. The average Bonchev–Trinajstić information content (AvgIpc) is 2.84. The predicted octanol–water partition coefficient (Wildman–Crippen LogP) is 3.21. The molecule has 0 atom stereocenters. The first kappa shape index (κ1) is 18.3. The van der Waals surface area contributed by atoms with E-state index >= 15 is 0 Å². The molecule has 6 nitrogen and oxygen atoms in total. The summed E-state index contributed by atoms with van der Waals surface area (Å²) in [5.74, 6) is 0.773. The maximum Gasteiger partial charge on any atom is 0.261 e. The van der Waals surface area contributed by atoms with Crippen molar-refractivity contribution in [1.29, 1.82) is 5.26 Å². The molecule has 1 amide bonds. The van der Waals surface area contributed by atoms with Crippen LogP contribution in [0.1, 0.15) is 18.9 Å². The second-order valence-electron chi connectivity index (χ2n) is 5.80. The van der Waals surface area contributed by atoms with Gasteiger partial charge in [-0.2, -0.15) is 5.26 Å². The number of fused-ring (bicyclic) bond motifs is 1. The van der Waals surface area contributed by atoms with Gasteiger partial charge in [-0.25, -0.2) is 8.42 Å². The molecule has 1 N–H and O–H groups in total. The van der Waals surface area contributed by atoms with Crippen molar-refractivity contribution in [3.05, 3.63) is 48.0 Å². The number of benzene rings is 2. The van der Waals surface area contributed by atoms with Gasteiger partial charge in [0.15, 0.2) is 0 Å². The van der Waals surface area contributed by atoms with E-state index in [0.29, 0.717) is 23.5 Å². The number of nitrogens with zero attached hydrogens (tertiary/aromatic N) is 2. The van der Waals surface area contributed by atoms with Crippen molar-refractivity contribution < 1.29 is 13.2 Å². The van der Waals surface area contributed by atoms with Crippen molar-refractivity contribution in [1.82, 2.24) is 0 Å². The molecule has 1 aliphatic rings. The largest absolute Gasteiger partial charge is 0.311 e.